The fourth-order valence-electron chi connectivity index (χ4n) is 8.09. The van der Waals surface area contributed by atoms with E-state index in [9.17, 15) is 4.39 Å². The van der Waals surface area contributed by atoms with Gasteiger partial charge in [-0.25, -0.2) is 8.78 Å². The van der Waals surface area contributed by atoms with Gasteiger partial charge >= 0.3 is 0 Å². The molecule has 0 unspecified atom stereocenters. The predicted molar refractivity (Wildman–Crippen MR) is 258 cm³/mol. The molecule has 11 aromatic rings. The van der Waals surface area contributed by atoms with E-state index in [4.69, 9.17) is 4.98 Å². The molecular formula is C55H39F2IrN3SSi-2. The van der Waals surface area contributed by atoms with Crippen molar-refractivity contribution in [3.63, 3.8) is 0 Å². The number of thiophene rings is 1. The van der Waals surface area contributed by atoms with Crippen molar-refractivity contribution >= 4 is 66.6 Å². The monoisotopic (exact) mass is 1030 g/mol. The van der Waals surface area contributed by atoms with Crippen LogP contribution in [-0.4, -0.2) is 22.6 Å². The van der Waals surface area contributed by atoms with Gasteiger partial charge in [-0.2, -0.15) is 11.3 Å². The van der Waals surface area contributed by atoms with Gasteiger partial charge in [0.25, 0.3) is 0 Å². The number of hydrogen-bond donors (Lipinski definition) is 0. The fraction of sp³-hybridized carbons (Fsp3) is 0.0545. The van der Waals surface area contributed by atoms with Crippen molar-refractivity contribution < 1.29 is 28.9 Å². The van der Waals surface area contributed by atoms with E-state index in [0.29, 0.717) is 5.39 Å². The van der Waals surface area contributed by atoms with E-state index in [2.05, 4.69) is 83.8 Å². The molecule has 0 aliphatic carbocycles. The van der Waals surface area contributed by atoms with Gasteiger partial charge in [-0.15, -0.1) is 54.1 Å². The number of para-hydroxylation sites is 2. The molecule has 0 N–H and O–H groups in total. The average molecular weight is 1030 g/mol. The largest absolute Gasteiger partial charge is 0.332 e. The van der Waals surface area contributed by atoms with E-state index in [1.54, 1.807) is 17.4 Å². The molecular weight excluding hydrogens is 993 g/mol. The van der Waals surface area contributed by atoms with Crippen LogP contribution in [-0.2, 0) is 20.1 Å². The van der Waals surface area contributed by atoms with Crippen molar-refractivity contribution in [3.05, 3.63) is 206 Å². The topological polar surface area (TPSA) is 30.7 Å². The van der Waals surface area contributed by atoms with Crippen LogP contribution in [0.4, 0.5) is 8.78 Å². The third kappa shape index (κ3) is 8.08. The summed E-state index contributed by atoms with van der Waals surface area (Å²) in [5.41, 5.74) is 9.28. The minimum atomic E-state index is -1.23. The maximum Gasteiger partial charge on any atom is 0.131 e. The summed E-state index contributed by atoms with van der Waals surface area (Å²) >= 11 is 1.70. The van der Waals surface area contributed by atoms with E-state index in [1.165, 1.54) is 17.3 Å². The van der Waals surface area contributed by atoms with E-state index in [1.807, 2.05) is 121 Å². The number of pyridine rings is 1. The van der Waals surface area contributed by atoms with E-state index >= 15 is 4.39 Å². The number of benzene rings is 8. The summed E-state index contributed by atoms with van der Waals surface area (Å²) < 4.78 is 33.7. The van der Waals surface area contributed by atoms with Crippen LogP contribution in [0, 0.1) is 23.8 Å². The Hall–Kier alpha value is -6.41. The summed E-state index contributed by atoms with van der Waals surface area (Å²) in [6.07, 6.45) is 2.02. The molecule has 63 heavy (non-hydrogen) atoms. The summed E-state index contributed by atoms with van der Waals surface area (Å²) in [5.74, 6) is 0.226. The van der Waals surface area contributed by atoms with Gasteiger partial charge in [0, 0.05) is 47.3 Å². The molecule has 0 saturated heterocycles. The van der Waals surface area contributed by atoms with Crippen LogP contribution in [0.5, 0.6) is 0 Å². The standard InChI is InChI=1S/C41H23F2N2S.C14H16NSi.Ir/c42-28-20-17-25(18-21-28)27-19-22-30-32-13-8-14-33(40(32)46-38(30)23-27)41-44-36-15-6-7-16-37(36)45(41)39-31-12-5-4-11-29(31)35(43)24-34(39)26-9-2-1-3-10-26;1-16(2,3)13-9-10-14(15-11-13)12-7-5-4-6-8-12;/h1-13,15-24H;4-7,9-11H,1-3H3;/q2*-1;. The zero-order valence-electron chi connectivity index (χ0n) is 34.7. The van der Waals surface area contributed by atoms with Gasteiger partial charge in [0.15, 0.2) is 0 Å². The molecule has 0 atom stereocenters. The van der Waals surface area contributed by atoms with Crippen molar-refractivity contribution in [2.24, 2.45) is 0 Å². The molecule has 8 aromatic carbocycles. The number of rotatable bonds is 6. The summed E-state index contributed by atoms with van der Waals surface area (Å²) in [6.45, 7) is 7.00. The number of aromatic nitrogens is 3. The van der Waals surface area contributed by atoms with Gasteiger partial charge in [0.05, 0.1) is 30.6 Å². The minimum Gasteiger partial charge on any atom is -0.332 e. The van der Waals surface area contributed by atoms with Crippen molar-refractivity contribution in [2.45, 2.75) is 19.6 Å². The number of fused-ring (bicyclic) bond motifs is 5. The van der Waals surface area contributed by atoms with Gasteiger partial charge < -0.3 is 9.55 Å². The summed E-state index contributed by atoms with van der Waals surface area (Å²) in [4.78, 5) is 9.74. The third-order valence-electron chi connectivity index (χ3n) is 11.3. The Bertz CT molecular complexity index is 3400. The molecule has 0 amide bonds. The van der Waals surface area contributed by atoms with Crippen molar-refractivity contribution in [2.75, 3.05) is 0 Å². The number of halogens is 2. The SMILES string of the molecule is C[Si](C)(C)c1ccc(-c2[c-]cccc2)nc1.Fc1ccc(-c2ccc3c(c2)sc2c(-c4nc5ccccc5n4-c4c(-c5ccccc5)cc(F)c5ccccc45)[c-]ccc23)cc1.[Ir]. The number of imidazole rings is 1. The number of nitrogens with zero attached hydrogens (tertiary/aromatic N) is 3. The second kappa shape index (κ2) is 17.4. The Labute approximate surface area is 383 Å². The van der Waals surface area contributed by atoms with Crippen molar-refractivity contribution in [1.82, 2.24) is 14.5 Å². The van der Waals surface area contributed by atoms with Gasteiger partial charge in [-0.3, -0.25) is 4.98 Å². The molecule has 0 fully saturated rings. The zero-order chi connectivity index (χ0) is 42.4. The maximum atomic E-state index is 15.7. The predicted octanol–water partition coefficient (Wildman–Crippen LogP) is 14.7. The molecule has 0 spiro atoms. The summed E-state index contributed by atoms with van der Waals surface area (Å²) in [5, 5.41) is 5.01. The van der Waals surface area contributed by atoms with Crippen LogP contribution in [0.25, 0.3) is 92.6 Å². The summed E-state index contributed by atoms with van der Waals surface area (Å²) in [7, 11) is -1.23. The normalized spacial score (nSPS) is 11.4. The molecule has 3 heterocycles. The third-order valence-corrected chi connectivity index (χ3v) is 14.5. The molecule has 0 aliphatic rings. The van der Waals surface area contributed by atoms with Gasteiger partial charge in [-0.1, -0.05) is 134 Å². The van der Waals surface area contributed by atoms with E-state index < -0.39 is 8.07 Å². The Morgan fingerprint density at radius 1 is 0.603 bits per heavy atom. The fourth-order valence-corrected chi connectivity index (χ4v) is 10.4. The van der Waals surface area contributed by atoms with Crippen LogP contribution >= 0.6 is 11.3 Å². The molecule has 3 nitrogen and oxygen atoms in total. The van der Waals surface area contributed by atoms with Gasteiger partial charge in [0.1, 0.15) is 11.6 Å². The molecule has 3 aromatic heterocycles. The molecule has 0 aliphatic heterocycles. The Morgan fingerprint density at radius 3 is 2.08 bits per heavy atom. The Balaban J connectivity index is 0.000000251. The van der Waals surface area contributed by atoms with Crippen LogP contribution in [0.2, 0.25) is 19.6 Å². The molecule has 11 rings (SSSR count). The summed E-state index contributed by atoms with van der Waals surface area (Å²) in [6, 6.07) is 63.4. The van der Waals surface area contributed by atoms with Gasteiger partial charge in [0.2, 0.25) is 0 Å². The first-order valence-corrected chi connectivity index (χ1v) is 24.8. The smallest absolute Gasteiger partial charge is 0.131 e. The molecule has 0 saturated carbocycles. The van der Waals surface area contributed by atoms with Crippen molar-refractivity contribution in [1.29, 1.82) is 0 Å². The van der Waals surface area contributed by atoms with Crippen LogP contribution < -0.4 is 5.19 Å². The van der Waals surface area contributed by atoms with Gasteiger partial charge in [-0.05, 0) is 74.1 Å². The maximum absolute atomic E-state index is 15.7. The zero-order valence-corrected chi connectivity index (χ0v) is 38.9. The Kier molecular flexibility index (Phi) is 11.6. The molecule has 1 radical (unpaired) electrons. The molecule has 0 bridgehead atoms. The molecule has 8 heteroatoms. The Morgan fingerprint density at radius 2 is 1.33 bits per heavy atom. The van der Waals surface area contributed by atoms with Crippen LogP contribution in [0.15, 0.2) is 182 Å². The van der Waals surface area contributed by atoms with Crippen molar-refractivity contribution in [3.8, 4) is 50.6 Å². The second-order valence-electron chi connectivity index (χ2n) is 16.3. The quantitative estimate of drug-likeness (QED) is 0.123. The van der Waals surface area contributed by atoms with E-state index in [0.717, 1.165) is 87.2 Å². The second-order valence-corrected chi connectivity index (χ2v) is 22.4. The molecule has 309 valence electrons. The first kappa shape index (κ1) is 41.9. The number of hydrogen-bond acceptors (Lipinski definition) is 3. The minimum absolute atomic E-state index is 0. The average Bonchev–Trinajstić information content (AvgIpc) is 3.88. The van der Waals surface area contributed by atoms with Crippen LogP contribution in [0.3, 0.4) is 0 Å². The van der Waals surface area contributed by atoms with Crippen LogP contribution in [0.1, 0.15) is 0 Å². The van der Waals surface area contributed by atoms with E-state index in [-0.39, 0.29) is 31.7 Å². The first-order valence-electron chi connectivity index (χ1n) is 20.5. The first-order chi connectivity index (χ1) is 30.2.